The molecule has 25 heavy (non-hydrogen) atoms. The second-order valence-corrected chi connectivity index (χ2v) is 6.47. The molecule has 3 N–H and O–H groups in total. The predicted octanol–water partition coefficient (Wildman–Crippen LogP) is 3.09. The van der Waals surface area contributed by atoms with Crippen LogP contribution in [-0.4, -0.2) is 37.0 Å². The minimum Gasteiger partial charge on any atom is -0.457 e. The van der Waals surface area contributed by atoms with Crippen molar-refractivity contribution >= 4 is 11.6 Å². The Kier molecular flexibility index (Phi) is 6.04. The fourth-order valence-electron chi connectivity index (χ4n) is 3.12. The van der Waals surface area contributed by atoms with Crippen LogP contribution in [-0.2, 0) is 4.79 Å². The van der Waals surface area contributed by atoms with Crippen molar-refractivity contribution in [2.75, 3.05) is 31.5 Å². The van der Waals surface area contributed by atoms with Gasteiger partial charge in [-0.15, -0.1) is 0 Å². The highest BCUT2D eigenvalue weighted by molar-refractivity contribution is 5.92. The van der Waals surface area contributed by atoms with Gasteiger partial charge in [0.2, 0.25) is 5.91 Å². The molecular formula is C20H25N3O2. The Hall–Kier alpha value is -2.37. The average Bonchev–Trinajstić information content (AvgIpc) is 2.64. The Morgan fingerprint density at radius 2 is 1.84 bits per heavy atom. The van der Waals surface area contributed by atoms with Gasteiger partial charge in [0.15, 0.2) is 0 Å². The van der Waals surface area contributed by atoms with Gasteiger partial charge in [-0.25, -0.2) is 0 Å². The highest BCUT2D eigenvalue weighted by Crippen LogP contribution is 2.22. The van der Waals surface area contributed by atoms with E-state index < -0.39 is 0 Å². The van der Waals surface area contributed by atoms with Gasteiger partial charge in [-0.3, -0.25) is 9.69 Å². The van der Waals surface area contributed by atoms with Crippen molar-refractivity contribution in [1.82, 2.24) is 4.90 Å². The number of benzene rings is 2. The topological polar surface area (TPSA) is 67.6 Å². The molecule has 2 aromatic rings. The Balaban J connectivity index is 1.50. The largest absolute Gasteiger partial charge is 0.457 e. The number of anilines is 1. The van der Waals surface area contributed by atoms with E-state index in [9.17, 15) is 4.79 Å². The normalized spacial score (nSPS) is 17.9. The third-order valence-electron chi connectivity index (χ3n) is 4.42. The zero-order chi connectivity index (χ0) is 17.5. The van der Waals surface area contributed by atoms with Gasteiger partial charge in [-0.1, -0.05) is 18.2 Å². The summed E-state index contributed by atoms with van der Waals surface area (Å²) in [4.78, 5) is 14.4. The molecule has 0 spiro atoms. The first-order valence-electron chi connectivity index (χ1n) is 8.78. The molecule has 5 heteroatoms. The van der Waals surface area contributed by atoms with Crippen LogP contribution in [0.15, 0.2) is 54.6 Å². The van der Waals surface area contributed by atoms with E-state index >= 15 is 0 Å². The molecule has 0 saturated carbocycles. The molecule has 0 radical (unpaired) electrons. The Morgan fingerprint density at radius 1 is 1.12 bits per heavy atom. The van der Waals surface area contributed by atoms with E-state index in [0.29, 0.717) is 19.0 Å². The van der Waals surface area contributed by atoms with Gasteiger partial charge in [-0.2, -0.15) is 0 Å². The summed E-state index contributed by atoms with van der Waals surface area (Å²) in [5, 5.41) is 2.95. The summed E-state index contributed by atoms with van der Waals surface area (Å²) in [5.41, 5.74) is 6.53. The molecule has 5 nitrogen and oxygen atoms in total. The van der Waals surface area contributed by atoms with Crippen LogP contribution >= 0.6 is 0 Å². The Morgan fingerprint density at radius 3 is 2.56 bits per heavy atom. The number of nitrogens with two attached hydrogens (primary N) is 1. The van der Waals surface area contributed by atoms with Crippen molar-refractivity contribution in [3.63, 3.8) is 0 Å². The van der Waals surface area contributed by atoms with Gasteiger partial charge < -0.3 is 15.8 Å². The van der Waals surface area contributed by atoms with Crippen LogP contribution in [0.25, 0.3) is 0 Å². The smallest absolute Gasteiger partial charge is 0.238 e. The second-order valence-electron chi connectivity index (χ2n) is 6.47. The number of para-hydroxylation sites is 1. The zero-order valence-electron chi connectivity index (χ0n) is 14.4. The fraction of sp³-hybridized carbons (Fsp3) is 0.350. The van der Waals surface area contributed by atoms with Crippen molar-refractivity contribution in [2.24, 2.45) is 11.7 Å². The van der Waals surface area contributed by atoms with Crippen molar-refractivity contribution in [2.45, 2.75) is 12.8 Å². The summed E-state index contributed by atoms with van der Waals surface area (Å²) < 4.78 is 5.75. The first-order chi connectivity index (χ1) is 12.2. The van der Waals surface area contributed by atoms with Crippen molar-refractivity contribution in [1.29, 1.82) is 0 Å². The number of nitrogens with one attached hydrogen (secondary N) is 1. The average molecular weight is 339 g/mol. The van der Waals surface area contributed by atoms with E-state index in [1.165, 1.54) is 0 Å². The fourth-order valence-corrected chi connectivity index (χ4v) is 3.12. The van der Waals surface area contributed by atoms with Crippen LogP contribution in [0.2, 0.25) is 0 Å². The number of hydrogen-bond acceptors (Lipinski definition) is 4. The van der Waals surface area contributed by atoms with E-state index in [4.69, 9.17) is 10.5 Å². The molecule has 1 saturated heterocycles. The molecule has 1 aliphatic heterocycles. The van der Waals surface area contributed by atoms with Crippen molar-refractivity contribution < 1.29 is 9.53 Å². The van der Waals surface area contributed by atoms with Gasteiger partial charge in [0, 0.05) is 12.2 Å². The maximum Gasteiger partial charge on any atom is 0.238 e. The lowest BCUT2D eigenvalue weighted by molar-refractivity contribution is -0.117. The number of amides is 1. The summed E-state index contributed by atoms with van der Waals surface area (Å²) in [5.74, 6) is 2.05. The van der Waals surface area contributed by atoms with Gasteiger partial charge in [-0.05, 0) is 68.2 Å². The number of hydrogen-bond donors (Lipinski definition) is 2. The first kappa shape index (κ1) is 17.5. The molecule has 0 aliphatic carbocycles. The molecule has 1 amide bonds. The molecule has 1 heterocycles. The van der Waals surface area contributed by atoms with Crippen LogP contribution in [0.3, 0.4) is 0 Å². The zero-order valence-corrected chi connectivity index (χ0v) is 14.4. The van der Waals surface area contributed by atoms with E-state index in [-0.39, 0.29) is 5.91 Å². The van der Waals surface area contributed by atoms with Crippen molar-refractivity contribution in [3.05, 3.63) is 54.6 Å². The van der Waals surface area contributed by atoms with E-state index in [1.807, 2.05) is 54.6 Å². The Bertz CT molecular complexity index is 673. The lowest BCUT2D eigenvalue weighted by Crippen LogP contribution is -2.42. The van der Waals surface area contributed by atoms with Gasteiger partial charge in [0.1, 0.15) is 11.5 Å². The Labute approximate surface area is 148 Å². The second kappa shape index (κ2) is 8.65. The lowest BCUT2D eigenvalue weighted by Gasteiger charge is -2.31. The van der Waals surface area contributed by atoms with Crippen LogP contribution in [0.4, 0.5) is 5.69 Å². The van der Waals surface area contributed by atoms with Gasteiger partial charge >= 0.3 is 0 Å². The van der Waals surface area contributed by atoms with Gasteiger partial charge in [0.05, 0.1) is 6.54 Å². The lowest BCUT2D eigenvalue weighted by atomic mass is 9.98. The molecular weight excluding hydrogens is 314 g/mol. The van der Waals surface area contributed by atoms with Crippen LogP contribution in [0.1, 0.15) is 12.8 Å². The first-order valence-corrected chi connectivity index (χ1v) is 8.78. The summed E-state index contributed by atoms with van der Waals surface area (Å²) in [6, 6.07) is 17.0. The highest BCUT2D eigenvalue weighted by atomic mass is 16.5. The molecule has 1 unspecified atom stereocenters. The maximum absolute atomic E-state index is 12.2. The molecule has 0 bridgehead atoms. The number of carbonyl (C=O) groups excluding carboxylic acids is 1. The van der Waals surface area contributed by atoms with Crippen LogP contribution in [0.5, 0.6) is 11.5 Å². The molecule has 0 aromatic heterocycles. The number of piperidine rings is 1. The molecule has 132 valence electrons. The molecule has 3 rings (SSSR count). The number of nitrogens with zero attached hydrogens (tertiary/aromatic N) is 1. The molecule has 1 atom stereocenters. The summed E-state index contributed by atoms with van der Waals surface area (Å²) >= 11 is 0. The molecule has 2 aromatic carbocycles. The van der Waals surface area contributed by atoms with Crippen LogP contribution in [0, 0.1) is 5.92 Å². The minimum absolute atomic E-state index is 0.00870. The third kappa shape index (κ3) is 5.31. The van der Waals surface area contributed by atoms with E-state index in [1.54, 1.807) is 0 Å². The van der Waals surface area contributed by atoms with E-state index in [2.05, 4.69) is 10.2 Å². The molecule has 1 aliphatic rings. The standard InChI is InChI=1S/C20H25N3O2/c21-13-16-5-4-12-23(14-16)15-20(24)22-17-8-10-19(11-9-17)25-18-6-2-1-3-7-18/h1-3,6-11,16H,4-5,12-15,21H2,(H,22,24). The number of carbonyl (C=O) groups is 1. The molecule has 1 fully saturated rings. The summed E-state index contributed by atoms with van der Waals surface area (Å²) in [6.07, 6.45) is 2.28. The number of likely N-dealkylation sites (tertiary alicyclic amines) is 1. The monoisotopic (exact) mass is 339 g/mol. The quantitative estimate of drug-likeness (QED) is 0.849. The maximum atomic E-state index is 12.2. The summed E-state index contributed by atoms with van der Waals surface area (Å²) in [7, 11) is 0. The predicted molar refractivity (Wildman–Crippen MR) is 99.8 cm³/mol. The minimum atomic E-state index is 0.00870. The number of ether oxygens (including phenoxy) is 1. The van der Waals surface area contributed by atoms with Gasteiger partial charge in [0.25, 0.3) is 0 Å². The third-order valence-corrected chi connectivity index (χ3v) is 4.42. The van der Waals surface area contributed by atoms with Crippen molar-refractivity contribution in [3.8, 4) is 11.5 Å². The van der Waals surface area contributed by atoms with E-state index in [0.717, 1.165) is 43.1 Å². The van der Waals surface area contributed by atoms with Crippen LogP contribution < -0.4 is 15.8 Å². The summed E-state index contributed by atoms with van der Waals surface area (Å²) in [6.45, 7) is 2.99. The number of rotatable bonds is 6. The highest BCUT2D eigenvalue weighted by Gasteiger charge is 2.20. The SMILES string of the molecule is NCC1CCCN(CC(=O)Nc2ccc(Oc3ccccc3)cc2)C1.